The number of amides is 1. The van der Waals surface area contributed by atoms with Crippen molar-refractivity contribution in [3.05, 3.63) is 36.2 Å². The highest BCUT2D eigenvalue weighted by Crippen LogP contribution is 2.08. The molecule has 0 saturated carbocycles. The summed E-state index contributed by atoms with van der Waals surface area (Å²) in [6.07, 6.45) is 2.12. The molecular formula is C13H15N3O2. The maximum absolute atomic E-state index is 11.9. The van der Waals surface area contributed by atoms with Crippen molar-refractivity contribution >= 4 is 16.9 Å². The fourth-order valence-electron chi connectivity index (χ4n) is 1.60. The predicted molar refractivity (Wildman–Crippen MR) is 68.2 cm³/mol. The molecule has 1 aromatic carbocycles. The van der Waals surface area contributed by atoms with E-state index in [2.05, 4.69) is 15.3 Å². The van der Waals surface area contributed by atoms with Crippen molar-refractivity contribution < 1.29 is 9.90 Å². The maximum atomic E-state index is 11.9. The standard InChI is InChI=1S/C13H15N3O2/c1-2-9(8-17)15-13(18)12-7-14-10-5-3-4-6-11(10)16-12/h3-7,9,17H,2,8H2,1H3,(H,15,18)/t9-/m0/s1. The number of hydrogen-bond donors (Lipinski definition) is 2. The number of fused-ring (bicyclic) bond motifs is 1. The third-order valence-corrected chi connectivity index (χ3v) is 2.73. The highest BCUT2D eigenvalue weighted by atomic mass is 16.3. The third kappa shape index (κ3) is 2.62. The van der Waals surface area contributed by atoms with Crippen LogP contribution in [0.1, 0.15) is 23.8 Å². The zero-order chi connectivity index (χ0) is 13.0. The van der Waals surface area contributed by atoms with Crippen molar-refractivity contribution in [3.63, 3.8) is 0 Å². The van der Waals surface area contributed by atoms with Crippen LogP contribution in [0, 0.1) is 0 Å². The van der Waals surface area contributed by atoms with Crippen LogP contribution in [-0.2, 0) is 0 Å². The molecule has 0 unspecified atom stereocenters. The van der Waals surface area contributed by atoms with Crippen LogP contribution in [0.15, 0.2) is 30.5 Å². The monoisotopic (exact) mass is 245 g/mol. The molecule has 5 nitrogen and oxygen atoms in total. The van der Waals surface area contributed by atoms with Crippen LogP contribution in [0.25, 0.3) is 11.0 Å². The first-order chi connectivity index (χ1) is 8.74. The largest absolute Gasteiger partial charge is 0.394 e. The molecule has 2 aromatic rings. The number of para-hydroxylation sites is 2. The number of carbonyl (C=O) groups excluding carboxylic acids is 1. The van der Waals surface area contributed by atoms with Gasteiger partial charge in [-0.15, -0.1) is 0 Å². The maximum Gasteiger partial charge on any atom is 0.271 e. The van der Waals surface area contributed by atoms with E-state index < -0.39 is 0 Å². The SMILES string of the molecule is CC[C@@H](CO)NC(=O)c1cnc2ccccc2n1. The second-order valence-corrected chi connectivity index (χ2v) is 4.01. The number of rotatable bonds is 4. The lowest BCUT2D eigenvalue weighted by Crippen LogP contribution is -2.37. The molecule has 1 atom stereocenters. The van der Waals surface area contributed by atoms with E-state index in [1.807, 2.05) is 31.2 Å². The number of nitrogens with one attached hydrogen (secondary N) is 1. The number of benzene rings is 1. The quantitative estimate of drug-likeness (QED) is 0.846. The minimum Gasteiger partial charge on any atom is -0.394 e. The normalized spacial score (nSPS) is 12.3. The van der Waals surface area contributed by atoms with Crippen LogP contribution in [0.2, 0.25) is 0 Å². The van der Waals surface area contributed by atoms with E-state index in [0.717, 1.165) is 5.52 Å². The van der Waals surface area contributed by atoms with Gasteiger partial charge in [0.2, 0.25) is 0 Å². The second kappa shape index (κ2) is 5.55. The summed E-state index contributed by atoms with van der Waals surface area (Å²) < 4.78 is 0. The number of aliphatic hydroxyl groups is 1. The minimum absolute atomic E-state index is 0.0801. The molecule has 0 fully saturated rings. The van der Waals surface area contributed by atoms with Gasteiger partial charge in [-0.1, -0.05) is 19.1 Å². The van der Waals surface area contributed by atoms with E-state index in [0.29, 0.717) is 11.9 Å². The Kier molecular flexibility index (Phi) is 3.84. The van der Waals surface area contributed by atoms with Gasteiger partial charge >= 0.3 is 0 Å². The molecule has 0 spiro atoms. The fourth-order valence-corrected chi connectivity index (χ4v) is 1.60. The van der Waals surface area contributed by atoms with Crippen molar-refractivity contribution in [1.82, 2.24) is 15.3 Å². The summed E-state index contributed by atoms with van der Waals surface area (Å²) >= 11 is 0. The van der Waals surface area contributed by atoms with Gasteiger partial charge in [0, 0.05) is 0 Å². The van der Waals surface area contributed by atoms with Crippen LogP contribution in [-0.4, -0.2) is 33.6 Å². The summed E-state index contributed by atoms with van der Waals surface area (Å²) in [4.78, 5) is 20.3. The van der Waals surface area contributed by atoms with Gasteiger partial charge in [0.1, 0.15) is 5.69 Å². The zero-order valence-electron chi connectivity index (χ0n) is 10.1. The van der Waals surface area contributed by atoms with E-state index in [-0.39, 0.29) is 24.2 Å². The minimum atomic E-state index is -0.311. The van der Waals surface area contributed by atoms with Crippen molar-refractivity contribution in [2.24, 2.45) is 0 Å². The number of hydrogen-bond acceptors (Lipinski definition) is 4. The molecule has 5 heteroatoms. The van der Waals surface area contributed by atoms with Gasteiger partial charge in [-0.05, 0) is 18.6 Å². The van der Waals surface area contributed by atoms with Crippen LogP contribution < -0.4 is 5.32 Å². The Bertz CT molecular complexity index is 553. The van der Waals surface area contributed by atoms with Crippen molar-refractivity contribution in [1.29, 1.82) is 0 Å². The van der Waals surface area contributed by atoms with E-state index in [4.69, 9.17) is 5.11 Å². The van der Waals surface area contributed by atoms with Gasteiger partial charge in [0.25, 0.3) is 5.91 Å². The number of aromatic nitrogens is 2. The lowest BCUT2D eigenvalue weighted by molar-refractivity contribution is 0.0910. The third-order valence-electron chi connectivity index (χ3n) is 2.73. The highest BCUT2D eigenvalue weighted by Gasteiger charge is 2.13. The molecule has 0 aliphatic rings. The fraction of sp³-hybridized carbons (Fsp3) is 0.308. The highest BCUT2D eigenvalue weighted by molar-refractivity contribution is 5.93. The lowest BCUT2D eigenvalue weighted by atomic mass is 10.2. The number of nitrogens with zero attached hydrogens (tertiary/aromatic N) is 2. The first kappa shape index (κ1) is 12.4. The molecule has 0 aliphatic heterocycles. The Hall–Kier alpha value is -2.01. The van der Waals surface area contributed by atoms with Gasteiger partial charge in [-0.2, -0.15) is 0 Å². The van der Waals surface area contributed by atoms with Gasteiger partial charge in [-0.25, -0.2) is 4.98 Å². The van der Waals surface area contributed by atoms with Crippen molar-refractivity contribution in [2.45, 2.75) is 19.4 Å². The smallest absolute Gasteiger partial charge is 0.271 e. The molecule has 2 N–H and O–H groups in total. The Labute approximate surface area is 105 Å². The molecule has 1 aromatic heterocycles. The number of carbonyl (C=O) groups is 1. The Morgan fingerprint density at radius 1 is 1.39 bits per heavy atom. The number of aliphatic hydroxyl groups excluding tert-OH is 1. The van der Waals surface area contributed by atoms with Gasteiger partial charge in [0.05, 0.1) is 29.9 Å². The average molecular weight is 245 g/mol. The van der Waals surface area contributed by atoms with Crippen LogP contribution in [0.4, 0.5) is 0 Å². The molecule has 1 heterocycles. The molecule has 0 bridgehead atoms. The van der Waals surface area contributed by atoms with Crippen LogP contribution >= 0.6 is 0 Å². The van der Waals surface area contributed by atoms with E-state index >= 15 is 0 Å². The van der Waals surface area contributed by atoms with E-state index in [1.54, 1.807) is 0 Å². The average Bonchev–Trinajstić information content (AvgIpc) is 2.44. The summed E-state index contributed by atoms with van der Waals surface area (Å²) in [6, 6.07) is 7.12. The van der Waals surface area contributed by atoms with E-state index in [9.17, 15) is 4.79 Å². The summed E-state index contributed by atoms with van der Waals surface area (Å²) in [7, 11) is 0. The molecule has 0 aliphatic carbocycles. The molecule has 2 rings (SSSR count). The van der Waals surface area contributed by atoms with Crippen LogP contribution in [0.3, 0.4) is 0 Å². The predicted octanol–water partition coefficient (Wildman–Crippen LogP) is 1.13. The molecule has 0 saturated heterocycles. The molecule has 0 radical (unpaired) electrons. The summed E-state index contributed by atoms with van der Waals surface area (Å²) in [5.74, 6) is -0.311. The summed E-state index contributed by atoms with van der Waals surface area (Å²) in [6.45, 7) is 1.82. The summed E-state index contributed by atoms with van der Waals surface area (Å²) in [5.41, 5.74) is 1.70. The Morgan fingerprint density at radius 2 is 2.11 bits per heavy atom. The molecule has 94 valence electrons. The topological polar surface area (TPSA) is 75.1 Å². The molecule has 1 amide bonds. The Morgan fingerprint density at radius 3 is 2.78 bits per heavy atom. The zero-order valence-corrected chi connectivity index (χ0v) is 10.1. The van der Waals surface area contributed by atoms with Gasteiger partial charge < -0.3 is 10.4 Å². The van der Waals surface area contributed by atoms with E-state index in [1.165, 1.54) is 6.20 Å². The summed E-state index contributed by atoms with van der Waals surface area (Å²) in [5, 5.41) is 11.7. The second-order valence-electron chi connectivity index (χ2n) is 4.01. The first-order valence-electron chi connectivity index (χ1n) is 5.88. The molecule has 18 heavy (non-hydrogen) atoms. The lowest BCUT2D eigenvalue weighted by Gasteiger charge is -2.13. The van der Waals surface area contributed by atoms with Crippen molar-refractivity contribution in [2.75, 3.05) is 6.61 Å². The Balaban J connectivity index is 2.22. The van der Waals surface area contributed by atoms with Gasteiger partial charge in [-0.3, -0.25) is 9.78 Å². The molecular weight excluding hydrogens is 230 g/mol. The van der Waals surface area contributed by atoms with Crippen LogP contribution in [0.5, 0.6) is 0 Å². The van der Waals surface area contributed by atoms with Crippen molar-refractivity contribution in [3.8, 4) is 0 Å². The first-order valence-corrected chi connectivity index (χ1v) is 5.88. The van der Waals surface area contributed by atoms with Gasteiger partial charge in [0.15, 0.2) is 0 Å².